The lowest BCUT2D eigenvalue weighted by Crippen LogP contribution is -2.49. The Balaban J connectivity index is 2.02. The highest BCUT2D eigenvalue weighted by Crippen LogP contribution is 2.28. The molecule has 0 aromatic heterocycles. The minimum atomic E-state index is -3.06. The van der Waals surface area contributed by atoms with Crippen molar-refractivity contribution in [2.75, 3.05) is 11.5 Å². The summed E-state index contributed by atoms with van der Waals surface area (Å²) in [5.74, 6) is -0.714. The van der Waals surface area contributed by atoms with Gasteiger partial charge in [-0.2, -0.15) is 5.26 Å². The first-order valence-electron chi connectivity index (χ1n) is 6.90. The predicted octanol–water partition coefficient (Wildman–Crippen LogP) is 1.15. The first kappa shape index (κ1) is 14.3. The van der Waals surface area contributed by atoms with Crippen LogP contribution in [0.15, 0.2) is 0 Å². The van der Waals surface area contributed by atoms with E-state index in [1.54, 1.807) is 0 Å². The zero-order valence-electron chi connectivity index (χ0n) is 11.0. The third-order valence-corrected chi connectivity index (χ3v) is 5.90. The largest absolute Gasteiger partial charge is 0.338 e. The van der Waals surface area contributed by atoms with Gasteiger partial charge in [-0.15, -0.1) is 0 Å². The van der Waals surface area contributed by atoms with Crippen LogP contribution in [0.5, 0.6) is 0 Å². The molecule has 1 heterocycles. The molecule has 1 saturated carbocycles. The molecule has 0 spiro atoms. The molecule has 1 unspecified atom stereocenters. The Labute approximate surface area is 114 Å². The molecule has 0 bridgehead atoms. The summed E-state index contributed by atoms with van der Waals surface area (Å²) in [6, 6.07) is 2.25. The van der Waals surface area contributed by atoms with Gasteiger partial charge in [-0.05, 0) is 19.3 Å². The zero-order chi connectivity index (χ0) is 13.9. The van der Waals surface area contributed by atoms with E-state index < -0.39 is 21.3 Å². The highest BCUT2D eigenvalue weighted by atomic mass is 32.2. The monoisotopic (exact) mass is 284 g/mol. The second-order valence-electron chi connectivity index (χ2n) is 5.70. The van der Waals surface area contributed by atoms with Gasteiger partial charge in [0.05, 0.1) is 23.5 Å². The standard InChI is InChI=1S/C13H20N2O3S/c14-10-13(6-3-1-2-4-7-13)15-12(16)11-5-8-19(17,18)9-11/h11H,1-9H2,(H,15,16). The topological polar surface area (TPSA) is 87.0 Å². The summed E-state index contributed by atoms with van der Waals surface area (Å²) in [5.41, 5.74) is -0.778. The fraction of sp³-hybridized carbons (Fsp3) is 0.846. The van der Waals surface area contributed by atoms with Crippen molar-refractivity contribution in [3.05, 3.63) is 0 Å². The molecule has 1 atom stereocenters. The highest BCUT2D eigenvalue weighted by molar-refractivity contribution is 7.91. The highest BCUT2D eigenvalue weighted by Gasteiger charge is 2.38. The van der Waals surface area contributed by atoms with Gasteiger partial charge in [-0.1, -0.05) is 25.7 Å². The van der Waals surface area contributed by atoms with Gasteiger partial charge in [-0.3, -0.25) is 4.79 Å². The van der Waals surface area contributed by atoms with Crippen LogP contribution in [-0.2, 0) is 14.6 Å². The Hall–Kier alpha value is -1.09. The van der Waals surface area contributed by atoms with Gasteiger partial charge in [-0.25, -0.2) is 8.42 Å². The van der Waals surface area contributed by atoms with Crippen LogP contribution in [-0.4, -0.2) is 31.4 Å². The Kier molecular flexibility index (Phi) is 4.14. The van der Waals surface area contributed by atoms with Crippen LogP contribution in [0, 0.1) is 17.2 Å². The van der Waals surface area contributed by atoms with Crippen LogP contribution in [0.2, 0.25) is 0 Å². The maximum Gasteiger partial charge on any atom is 0.225 e. The van der Waals surface area contributed by atoms with Gasteiger partial charge in [0.15, 0.2) is 9.84 Å². The van der Waals surface area contributed by atoms with Crippen LogP contribution in [0.4, 0.5) is 0 Å². The first-order chi connectivity index (χ1) is 8.96. The average molecular weight is 284 g/mol. The van der Waals surface area contributed by atoms with Crippen LogP contribution < -0.4 is 5.32 Å². The lowest BCUT2D eigenvalue weighted by Gasteiger charge is -2.27. The third kappa shape index (κ3) is 3.47. The minimum absolute atomic E-state index is 0.0691. The molecule has 0 aromatic rings. The molecule has 2 fully saturated rings. The SMILES string of the molecule is N#CC1(NC(=O)C2CCS(=O)(=O)C2)CCCCCC1. The quantitative estimate of drug-likeness (QED) is 0.771. The van der Waals surface area contributed by atoms with Crippen LogP contribution in [0.25, 0.3) is 0 Å². The summed E-state index contributed by atoms with van der Waals surface area (Å²) in [7, 11) is -3.06. The number of sulfone groups is 1. The summed E-state index contributed by atoms with van der Waals surface area (Å²) in [6.45, 7) is 0. The van der Waals surface area contributed by atoms with E-state index in [0.29, 0.717) is 19.3 Å². The maximum absolute atomic E-state index is 12.2. The van der Waals surface area contributed by atoms with Crippen molar-refractivity contribution in [3.8, 4) is 6.07 Å². The number of nitrogens with one attached hydrogen (secondary N) is 1. The molecule has 19 heavy (non-hydrogen) atoms. The summed E-state index contributed by atoms with van der Waals surface area (Å²) in [4.78, 5) is 12.2. The van der Waals surface area contributed by atoms with Gasteiger partial charge in [0, 0.05) is 0 Å². The van der Waals surface area contributed by atoms with Crippen molar-refractivity contribution in [2.45, 2.75) is 50.5 Å². The second kappa shape index (κ2) is 5.49. The molecule has 106 valence electrons. The Morgan fingerprint density at radius 3 is 2.32 bits per heavy atom. The van der Waals surface area contributed by atoms with Crippen molar-refractivity contribution in [2.24, 2.45) is 5.92 Å². The van der Waals surface area contributed by atoms with E-state index in [1.165, 1.54) is 0 Å². The number of hydrogen-bond donors (Lipinski definition) is 1. The van der Waals surface area contributed by atoms with E-state index in [2.05, 4.69) is 11.4 Å². The molecule has 0 radical (unpaired) electrons. The summed E-state index contributed by atoms with van der Waals surface area (Å²) in [5, 5.41) is 12.2. The molecule has 5 nitrogen and oxygen atoms in total. The Morgan fingerprint density at radius 2 is 1.84 bits per heavy atom. The number of nitriles is 1. The number of hydrogen-bond acceptors (Lipinski definition) is 4. The molecule has 1 saturated heterocycles. The number of carbonyl (C=O) groups is 1. The van der Waals surface area contributed by atoms with Crippen molar-refractivity contribution < 1.29 is 13.2 Å². The molecule has 2 rings (SSSR count). The van der Waals surface area contributed by atoms with Gasteiger partial charge in [0.25, 0.3) is 0 Å². The molecule has 6 heteroatoms. The van der Waals surface area contributed by atoms with Crippen molar-refractivity contribution in [3.63, 3.8) is 0 Å². The molecular formula is C13H20N2O3S. The lowest BCUT2D eigenvalue weighted by molar-refractivity contribution is -0.125. The van der Waals surface area contributed by atoms with Crippen molar-refractivity contribution in [1.82, 2.24) is 5.32 Å². The van der Waals surface area contributed by atoms with Gasteiger partial charge in [0.1, 0.15) is 5.54 Å². The molecule has 0 aromatic carbocycles. The van der Waals surface area contributed by atoms with Crippen LogP contribution in [0.3, 0.4) is 0 Å². The molecule has 1 aliphatic heterocycles. The predicted molar refractivity (Wildman–Crippen MR) is 70.9 cm³/mol. The number of rotatable bonds is 2. The van der Waals surface area contributed by atoms with E-state index in [1.807, 2.05) is 0 Å². The maximum atomic E-state index is 12.2. The van der Waals surface area contributed by atoms with Crippen molar-refractivity contribution >= 4 is 15.7 Å². The van der Waals surface area contributed by atoms with E-state index in [9.17, 15) is 18.5 Å². The third-order valence-electron chi connectivity index (χ3n) is 4.14. The summed E-state index contributed by atoms with van der Waals surface area (Å²) < 4.78 is 22.8. The van der Waals surface area contributed by atoms with Crippen LogP contribution >= 0.6 is 0 Å². The second-order valence-corrected chi connectivity index (χ2v) is 7.93. The average Bonchev–Trinajstić information content (AvgIpc) is 2.60. The van der Waals surface area contributed by atoms with Crippen LogP contribution in [0.1, 0.15) is 44.9 Å². The molecule has 1 aliphatic carbocycles. The zero-order valence-corrected chi connectivity index (χ0v) is 11.8. The number of amides is 1. The fourth-order valence-electron chi connectivity index (χ4n) is 2.94. The van der Waals surface area contributed by atoms with E-state index >= 15 is 0 Å². The molecular weight excluding hydrogens is 264 g/mol. The normalized spacial score (nSPS) is 29.1. The molecule has 1 amide bonds. The van der Waals surface area contributed by atoms with Gasteiger partial charge < -0.3 is 5.32 Å². The smallest absolute Gasteiger partial charge is 0.225 e. The Bertz CT molecular complexity index is 485. The summed E-state index contributed by atoms with van der Waals surface area (Å²) >= 11 is 0. The first-order valence-corrected chi connectivity index (χ1v) is 8.72. The van der Waals surface area contributed by atoms with E-state index in [0.717, 1.165) is 25.7 Å². The Morgan fingerprint density at radius 1 is 1.21 bits per heavy atom. The van der Waals surface area contributed by atoms with Crippen molar-refractivity contribution in [1.29, 1.82) is 5.26 Å². The van der Waals surface area contributed by atoms with E-state index in [-0.39, 0.29) is 17.4 Å². The lowest BCUT2D eigenvalue weighted by atomic mass is 9.91. The van der Waals surface area contributed by atoms with Gasteiger partial charge in [0.2, 0.25) is 5.91 Å². The van der Waals surface area contributed by atoms with E-state index in [4.69, 9.17) is 0 Å². The fourth-order valence-corrected chi connectivity index (χ4v) is 4.68. The summed E-state index contributed by atoms with van der Waals surface area (Å²) in [6.07, 6.45) is 5.81. The minimum Gasteiger partial charge on any atom is -0.338 e. The molecule has 2 aliphatic rings. The number of nitrogens with zero attached hydrogens (tertiary/aromatic N) is 1. The number of carbonyl (C=O) groups excluding carboxylic acids is 1. The molecule has 1 N–H and O–H groups in total. The van der Waals surface area contributed by atoms with Gasteiger partial charge >= 0.3 is 0 Å².